The molecule has 2 heterocycles. The first kappa shape index (κ1) is 33.1. The fourth-order valence-corrected chi connectivity index (χ4v) is 10.7. The highest BCUT2D eigenvalue weighted by atomic mass is 15.1. The summed E-state index contributed by atoms with van der Waals surface area (Å²) < 4.78 is 2.32. The predicted octanol–water partition coefficient (Wildman–Crippen LogP) is 12.7. The second-order valence-electron chi connectivity index (χ2n) is 17.2. The van der Waals surface area contributed by atoms with Gasteiger partial charge in [-0.3, -0.25) is 9.55 Å². The SMILES string of the molecule is CC1(C)c2ccccc2C=Cc2ccc3c(c21)-c1ccccc1CC3(C)c1cnc(-n2c3ccccc3c3c4c(ccc32)C=Cc2ccccc2C4(C)C)cn1. The minimum absolute atomic E-state index is 0.219. The molecule has 2 aromatic heterocycles. The highest BCUT2D eigenvalue weighted by molar-refractivity contribution is 6.12. The van der Waals surface area contributed by atoms with E-state index >= 15 is 0 Å². The van der Waals surface area contributed by atoms with Crippen molar-refractivity contribution in [2.45, 2.75) is 57.3 Å². The van der Waals surface area contributed by atoms with Crippen molar-refractivity contribution in [2.24, 2.45) is 0 Å². The van der Waals surface area contributed by atoms with Crippen LogP contribution in [0.25, 0.3) is 63.1 Å². The van der Waals surface area contributed by atoms with Gasteiger partial charge in [0.1, 0.15) is 0 Å². The molecular weight excluding hydrogens is 679 g/mol. The first-order valence-electron chi connectivity index (χ1n) is 19.9. The van der Waals surface area contributed by atoms with E-state index in [0.717, 1.165) is 29.0 Å². The zero-order valence-electron chi connectivity index (χ0n) is 32.6. The molecule has 1 unspecified atom stereocenters. The Morgan fingerprint density at radius 3 is 1.84 bits per heavy atom. The van der Waals surface area contributed by atoms with Crippen molar-refractivity contribution in [3.63, 3.8) is 0 Å². The number of benzene rings is 6. The molecule has 0 N–H and O–H groups in total. The van der Waals surface area contributed by atoms with E-state index in [1.165, 1.54) is 77.5 Å². The average molecular weight is 722 g/mol. The first-order valence-corrected chi connectivity index (χ1v) is 19.9. The van der Waals surface area contributed by atoms with Gasteiger partial charge in [-0.15, -0.1) is 0 Å². The Labute approximate surface area is 328 Å². The average Bonchev–Trinajstić information content (AvgIpc) is 3.43. The van der Waals surface area contributed by atoms with Gasteiger partial charge in [0, 0.05) is 27.0 Å². The molecule has 56 heavy (non-hydrogen) atoms. The van der Waals surface area contributed by atoms with E-state index in [0.29, 0.717) is 0 Å². The van der Waals surface area contributed by atoms with E-state index in [4.69, 9.17) is 9.97 Å². The van der Waals surface area contributed by atoms with Gasteiger partial charge >= 0.3 is 0 Å². The van der Waals surface area contributed by atoms with Crippen molar-refractivity contribution in [2.75, 3.05) is 0 Å². The van der Waals surface area contributed by atoms with Crippen LogP contribution in [-0.4, -0.2) is 14.5 Å². The molecule has 3 aliphatic rings. The number of hydrogen-bond donors (Lipinski definition) is 0. The Morgan fingerprint density at radius 2 is 1.11 bits per heavy atom. The quantitative estimate of drug-likeness (QED) is 0.178. The van der Waals surface area contributed by atoms with Gasteiger partial charge in [0.25, 0.3) is 0 Å². The number of hydrogen-bond acceptors (Lipinski definition) is 2. The van der Waals surface area contributed by atoms with Gasteiger partial charge in [-0.05, 0) is 92.2 Å². The molecule has 1 atom stereocenters. The largest absolute Gasteiger partial charge is 0.292 e. The van der Waals surface area contributed by atoms with Crippen LogP contribution >= 0.6 is 0 Å². The number of aromatic nitrogens is 3. The maximum atomic E-state index is 5.37. The number of nitrogens with zero attached hydrogens (tertiary/aromatic N) is 3. The summed E-state index contributed by atoms with van der Waals surface area (Å²) in [4.78, 5) is 10.7. The Kier molecular flexibility index (Phi) is 6.85. The number of para-hydroxylation sites is 1. The Balaban J connectivity index is 1.09. The fourth-order valence-electron chi connectivity index (χ4n) is 10.7. The van der Waals surface area contributed by atoms with Crippen LogP contribution in [0.1, 0.15) is 95.9 Å². The van der Waals surface area contributed by atoms with Crippen LogP contribution in [0.15, 0.2) is 134 Å². The molecular formula is C53H43N3. The van der Waals surface area contributed by atoms with E-state index in [2.05, 4.69) is 185 Å². The Hall–Kier alpha value is -6.32. The molecule has 3 heteroatoms. The Bertz CT molecular complexity index is 3010. The van der Waals surface area contributed by atoms with E-state index in [9.17, 15) is 0 Å². The van der Waals surface area contributed by atoms with E-state index in [1.807, 2.05) is 12.4 Å². The molecule has 0 radical (unpaired) electrons. The zero-order valence-corrected chi connectivity index (χ0v) is 32.6. The van der Waals surface area contributed by atoms with Gasteiger partial charge in [-0.1, -0.05) is 161 Å². The molecule has 270 valence electrons. The summed E-state index contributed by atoms with van der Waals surface area (Å²) in [6.45, 7) is 11.9. The van der Waals surface area contributed by atoms with Gasteiger partial charge < -0.3 is 0 Å². The van der Waals surface area contributed by atoms with Gasteiger partial charge in [0.05, 0.1) is 29.1 Å². The molecule has 0 bridgehead atoms. The van der Waals surface area contributed by atoms with Gasteiger partial charge in [0.2, 0.25) is 0 Å². The fraction of sp³-hybridized carbons (Fsp3) is 0.170. The van der Waals surface area contributed by atoms with E-state index in [-0.39, 0.29) is 10.8 Å². The highest BCUT2D eigenvalue weighted by Gasteiger charge is 2.42. The molecule has 0 saturated heterocycles. The third kappa shape index (κ3) is 4.46. The number of rotatable bonds is 2. The molecule has 11 rings (SSSR count). The topological polar surface area (TPSA) is 30.7 Å². The monoisotopic (exact) mass is 721 g/mol. The predicted molar refractivity (Wildman–Crippen MR) is 233 cm³/mol. The lowest BCUT2D eigenvalue weighted by molar-refractivity contribution is 0.535. The summed E-state index contributed by atoms with van der Waals surface area (Å²) in [6.07, 6.45) is 14.1. The van der Waals surface area contributed by atoms with Crippen LogP contribution in [0.2, 0.25) is 0 Å². The summed E-state index contributed by atoms with van der Waals surface area (Å²) in [6, 6.07) is 44.7. The maximum absolute atomic E-state index is 5.37. The van der Waals surface area contributed by atoms with Gasteiger partial charge in [0.15, 0.2) is 5.82 Å². The van der Waals surface area contributed by atoms with Crippen LogP contribution in [0, 0.1) is 0 Å². The molecule has 3 nitrogen and oxygen atoms in total. The molecule has 3 aliphatic carbocycles. The van der Waals surface area contributed by atoms with Crippen LogP contribution in [0.5, 0.6) is 0 Å². The summed E-state index contributed by atoms with van der Waals surface area (Å²) in [5, 5.41) is 2.51. The van der Waals surface area contributed by atoms with Gasteiger partial charge in [-0.25, -0.2) is 4.98 Å². The molecule has 6 aromatic carbocycles. The Morgan fingerprint density at radius 1 is 0.500 bits per heavy atom. The van der Waals surface area contributed by atoms with Crippen molar-refractivity contribution in [3.8, 4) is 16.9 Å². The third-order valence-electron chi connectivity index (χ3n) is 13.4. The zero-order chi connectivity index (χ0) is 38.0. The highest BCUT2D eigenvalue weighted by Crippen LogP contribution is 2.53. The third-order valence-corrected chi connectivity index (χ3v) is 13.4. The summed E-state index contributed by atoms with van der Waals surface area (Å²) in [5.41, 5.74) is 18.3. The first-order chi connectivity index (χ1) is 27.2. The van der Waals surface area contributed by atoms with Crippen LogP contribution in [0.3, 0.4) is 0 Å². The standard InChI is InChI=1S/C53H43N3/c1-51(2)40-19-11-7-14-33(40)22-24-35-26-28-42-47(49(35)51)38-17-9-6-16-37(38)30-53(42,5)45-31-55-46(32-54-45)56-43-21-13-10-18-39(43)48-44(56)29-27-36-25-23-34-15-8-12-20-41(34)52(3,4)50(36)48/h6-29,31-32H,30H2,1-5H3. The lowest BCUT2D eigenvalue weighted by Gasteiger charge is -2.41. The lowest BCUT2D eigenvalue weighted by Crippen LogP contribution is -2.34. The minimum atomic E-state index is -0.391. The summed E-state index contributed by atoms with van der Waals surface area (Å²) >= 11 is 0. The summed E-state index contributed by atoms with van der Waals surface area (Å²) in [7, 11) is 0. The molecule has 0 amide bonds. The van der Waals surface area contributed by atoms with Crippen molar-refractivity contribution >= 4 is 46.1 Å². The molecule has 0 saturated carbocycles. The molecule has 0 spiro atoms. The second kappa shape index (κ2) is 11.6. The van der Waals surface area contributed by atoms with E-state index in [1.54, 1.807) is 0 Å². The lowest BCUT2D eigenvalue weighted by atomic mass is 9.62. The van der Waals surface area contributed by atoms with E-state index < -0.39 is 5.41 Å². The van der Waals surface area contributed by atoms with Crippen molar-refractivity contribution in [1.82, 2.24) is 14.5 Å². The smallest absolute Gasteiger partial charge is 0.156 e. The maximum Gasteiger partial charge on any atom is 0.156 e. The normalized spacial score (nSPS) is 18.2. The van der Waals surface area contributed by atoms with Crippen LogP contribution in [0.4, 0.5) is 0 Å². The van der Waals surface area contributed by atoms with Crippen molar-refractivity contribution in [3.05, 3.63) is 195 Å². The summed E-state index contributed by atoms with van der Waals surface area (Å²) in [5.74, 6) is 0.826. The van der Waals surface area contributed by atoms with Crippen LogP contribution in [-0.2, 0) is 22.7 Å². The minimum Gasteiger partial charge on any atom is -0.292 e. The van der Waals surface area contributed by atoms with Crippen LogP contribution < -0.4 is 0 Å². The molecule has 0 aliphatic heterocycles. The van der Waals surface area contributed by atoms with Crippen molar-refractivity contribution < 1.29 is 0 Å². The second-order valence-corrected chi connectivity index (χ2v) is 17.2. The van der Waals surface area contributed by atoms with Crippen molar-refractivity contribution in [1.29, 1.82) is 0 Å². The molecule has 8 aromatic rings. The molecule has 0 fully saturated rings. The van der Waals surface area contributed by atoms with Gasteiger partial charge in [-0.2, -0.15) is 0 Å². The number of fused-ring (bicyclic) bond motifs is 12.